The Labute approximate surface area is 140 Å². The molecule has 0 aliphatic rings. The number of anilines is 2. The zero-order valence-corrected chi connectivity index (χ0v) is 14.4. The van der Waals surface area contributed by atoms with Gasteiger partial charge in [0.05, 0.1) is 24.3 Å². The van der Waals surface area contributed by atoms with Gasteiger partial charge in [-0.05, 0) is 17.7 Å². The van der Waals surface area contributed by atoms with Crippen molar-refractivity contribution in [2.24, 2.45) is 11.4 Å². The first-order valence-electron chi connectivity index (χ1n) is 7.20. The highest BCUT2D eigenvalue weighted by Gasteiger charge is 2.08. The Morgan fingerprint density at radius 1 is 1.21 bits per heavy atom. The maximum Gasteiger partial charge on any atom is 0.250 e. The molecule has 0 saturated heterocycles. The summed E-state index contributed by atoms with van der Waals surface area (Å²) in [6.07, 6.45) is 5.89. The SMILES string of the molecule is CN(c1ccc(/C=N/S(C)(=O)=O)cc1)c1cc2c(cn1)ncn2C. The van der Waals surface area contributed by atoms with Crippen molar-refractivity contribution in [3.05, 3.63) is 48.4 Å². The lowest BCUT2D eigenvalue weighted by atomic mass is 10.2. The van der Waals surface area contributed by atoms with Gasteiger partial charge in [0.2, 0.25) is 10.0 Å². The molecule has 7 nitrogen and oxygen atoms in total. The minimum absolute atomic E-state index is 0.715. The average Bonchev–Trinajstić information content (AvgIpc) is 2.93. The second-order valence-corrected chi connectivity index (χ2v) is 7.18. The van der Waals surface area contributed by atoms with E-state index in [1.807, 2.05) is 53.9 Å². The van der Waals surface area contributed by atoms with Crippen molar-refractivity contribution in [2.75, 3.05) is 18.2 Å². The number of hydrogen-bond donors (Lipinski definition) is 0. The second kappa shape index (κ2) is 6.04. The highest BCUT2D eigenvalue weighted by Crippen LogP contribution is 2.24. The maximum atomic E-state index is 11.1. The lowest BCUT2D eigenvalue weighted by molar-refractivity contribution is 0.604. The van der Waals surface area contributed by atoms with E-state index in [0.29, 0.717) is 5.56 Å². The van der Waals surface area contributed by atoms with Crippen LogP contribution >= 0.6 is 0 Å². The zero-order chi connectivity index (χ0) is 17.3. The van der Waals surface area contributed by atoms with E-state index in [4.69, 9.17) is 0 Å². The van der Waals surface area contributed by atoms with Crippen LogP contribution in [-0.4, -0.2) is 42.5 Å². The van der Waals surface area contributed by atoms with E-state index < -0.39 is 10.0 Å². The van der Waals surface area contributed by atoms with Crippen LogP contribution < -0.4 is 4.90 Å². The number of pyridine rings is 1. The number of aryl methyl sites for hydroxylation is 1. The number of rotatable bonds is 4. The highest BCUT2D eigenvalue weighted by molar-refractivity contribution is 7.89. The number of sulfonamides is 1. The Morgan fingerprint density at radius 3 is 2.58 bits per heavy atom. The first-order chi connectivity index (χ1) is 11.3. The van der Waals surface area contributed by atoms with Gasteiger partial charge in [-0.3, -0.25) is 0 Å². The number of imidazole rings is 1. The smallest absolute Gasteiger partial charge is 0.250 e. The van der Waals surface area contributed by atoms with Crippen LogP contribution in [0.15, 0.2) is 47.3 Å². The van der Waals surface area contributed by atoms with Gasteiger partial charge in [0.25, 0.3) is 0 Å². The van der Waals surface area contributed by atoms with Gasteiger partial charge in [0.15, 0.2) is 0 Å². The van der Waals surface area contributed by atoms with Crippen molar-refractivity contribution in [3.8, 4) is 0 Å². The van der Waals surface area contributed by atoms with Gasteiger partial charge in [0.1, 0.15) is 11.3 Å². The van der Waals surface area contributed by atoms with Gasteiger partial charge in [-0.25, -0.2) is 18.4 Å². The number of benzene rings is 1. The Morgan fingerprint density at radius 2 is 1.92 bits per heavy atom. The third-order valence-corrected chi connectivity index (χ3v) is 4.10. The molecular formula is C16H17N5O2S. The molecule has 24 heavy (non-hydrogen) atoms. The van der Waals surface area contributed by atoms with Crippen LogP contribution in [0.3, 0.4) is 0 Å². The average molecular weight is 343 g/mol. The number of fused-ring (bicyclic) bond motifs is 1. The molecule has 0 aliphatic carbocycles. The lowest BCUT2D eigenvalue weighted by Crippen LogP contribution is -2.11. The number of hydrogen-bond acceptors (Lipinski definition) is 5. The largest absolute Gasteiger partial charge is 0.334 e. The van der Waals surface area contributed by atoms with Crippen molar-refractivity contribution < 1.29 is 8.42 Å². The lowest BCUT2D eigenvalue weighted by Gasteiger charge is -2.18. The summed E-state index contributed by atoms with van der Waals surface area (Å²) in [5.41, 5.74) is 3.50. The van der Waals surface area contributed by atoms with Gasteiger partial charge >= 0.3 is 0 Å². The van der Waals surface area contributed by atoms with Crippen LogP contribution in [-0.2, 0) is 17.1 Å². The van der Waals surface area contributed by atoms with E-state index in [0.717, 1.165) is 28.8 Å². The summed E-state index contributed by atoms with van der Waals surface area (Å²) in [5, 5.41) is 0. The first kappa shape index (κ1) is 16.1. The molecule has 0 saturated carbocycles. The molecule has 0 aliphatic heterocycles. The fourth-order valence-electron chi connectivity index (χ4n) is 2.28. The predicted octanol–water partition coefficient (Wildman–Crippen LogP) is 2.11. The van der Waals surface area contributed by atoms with Crippen molar-refractivity contribution in [2.45, 2.75) is 0 Å². The van der Waals surface area contributed by atoms with E-state index in [1.165, 1.54) is 6.21 Å². The molecule has 8 heteroatoms. The molecule has 0 atom stereocenters. The minimum Gasteiger partial charge on any atom is -0.334 e. The Bertz CT molecular complexity index is 1010. The van der Waals surface area contributed by atoms with E-state index >= 15 is 0 Å². The fraction of sp³-hybridized carbons (Fsp3) is 0.188. The van der Waals surface area contributed by atoms with Gasteiger partial charge < -0.3 is 9.47 Å². The first-order valence-corrected chi connectivity index (χ1v) is 9.04. The summed E-state index contributed by atoms with van der Waals surface area (Å²) >= 11 is 0. The molecule has 124 valence electrons. The van der Waals surface area contributed by atoms with E-state index in [-0.39, 0.29) is 0 Å². The molecular weight excluding hydrogens is 326 g/mol. The summed E-state index contributed by atoms with van der Waals surface area (Å²) in [6.45, 7) is 0. The summed E-state index contributed by atoms with van der Waals surface area (Å²) in [5.74, 6) is 0.795. The monoisotopic (exact) mass is 343 g/mol. The molecule has 0 unspecified atom stereocenters. The minimum atomic E-state index is -3.37. The van der Waals surface area contributed by atoms with Crippen LogP contribution in [0.25, 0.3) is 11.0 Å². The second-order valence-electron chi connectivity index (χ2n) is 5.50. The zero-order valence-electron chi connectivity index (χ0n) is 13.6. The van der Waals surface area contributed by atoms with Crippen LogP contribution in [0.1, 0.15) is 5.56 Å². The topological polar surface area (TPSA) is 80.5 Å². The Kier molecular flexibility index (Phi) is 4.06. The van der Waals surface area contributed by atoms with E-state index in [9.17, 15) is 8.42 Å². The van der Waals surface area contributed by atoms with Crippen molar-refractivity contribution in [3.63, 3.8) is 0 Å². The Balaban J connectivity index is 1.87. The summed E-state index contributed by atoms with van der Waals surface area (Å²) in [7, 11) is 0.490. The number of aromatic nitrogens is 3. The quantitative estimate of drug-likeness (QED) is 0.678. The molecule has 2 heterocycles. The Hall–Kier alpha value is -2.74. The summed E-state index contributed by atoms with van der Waals surface area (Å²) in [6, 6.07) is 9.37. The molecule has 0 radical (unpaired) electrons. The van der Waals surface area contributed by atoms with Gasteiger partial charge in [-0.15, -0.1) is 0 Å². The maximum absolute atomic E-state index is 11.1. The van der Waals surface area contributed by atoms with Crippen LogP contribution in [0.5, 0.6) is 0 Å². The third kappa shape index (κ3) is 3.43. The van der Waals surface area contributed by atoms with Gasteiger partial charge in [0, 0.05) is 32.1 Å². The molecule has 3 rings (SSSR count). The molecule has 0 amide bonds. The third-order valence-electron chi connectivity index (χ3n) is 3.61. The molecule has 2 aromatic heterocycles. The summed E-state index contributed by atoms with van der Waals surface area (Å²) < 4.78 is 27.6. The molecule has 0 spiro atoms. The molecule has 1 aromatic carbocycles. The standard InChI is InChI=1S/C16H17N5O2S/c1-20-11-18-14-10-17-16(8-15(14)20)21(2)13-6-4-12(5-7-13)9-19-24(3,22)23/h4-11H,1-3H3/b19-9+. The molecule has 0 N–H and O–H groups in total. The molecule has 0 fully saturated rings. The van der Waals surface area contributed by atoms with E-state index in [1.54, 1.807) is 12.5 Å². The molecule has 0 bridgehead atoms. The van der Waals surface area contributed by atoms with Gasteiger partial charge in [-0.1, -0.05) is 12.1 Å². The fourth-order valence-corrected chi connectivity index (χ4v) is 2.59. The van der Waals surface area contributed by atoms with Crippen LogP contribution in [0.4, 0.5) is 11.5 Å². The normalized spacial score (nSPS) is 12.1. The predicted molar refractivity (Wildman–Crippen MR) is 95.5 cm³/mol. The van der Waals surface area contributed by atoms with E-state index in [2.05, 4.69) is 14.4 Å². The van der Waals surface area contributed by atoms with Crippen LogP contribution in [0.2, 0.25) is 0 Å². The molecule has 3 aromatic rings. The van der Waals surface area contributed by atoms with Crippen molar-refractivity contribution >= 4 is 38.8 Å². The van der Waals surface area contributed by atoms with Crippen LogP contribution in [0, 0.1) is 0 Å². The van der Waals surface area contributed by atoms with Crippen molar-refractivity contribution in [1.82, 2.24) is 14.5 Å². The highest BCUT2D eigenvalue weighted by atomic mass is 32.2. The van der Waals surface area contributed by atoms with Crippen molar-refractivity contribution in [1.29, 1.82) is 0 Å². The number of nitrogens with zero attached hydrogens (tertiary/aromatic N) is 5. The summed E-state index contributed by atoms with van der Waals surface area (Å²) in [4.78, 5) is 10.6. The van der Waals surface area contributed by atoms with Gasteiger partial charge in [-0.2, -0.15) is 4.40 Å².